The molecule has 0 fully saturated rings. The Bertz CT molecular complexity index is 361. The van der Waals surface area contributed by atoms with Crippen molar-refractivity contribution in [1.82, 2.24) is 0 Å². The first kappa shape index (κ1) is 7.37. The van der Waals surface area contributed by atoms with Gasteiger partial charge in [0.15, 0.2) is 0 Å². The van der Waals surface area contributed by atoms with E-state index in [9.17, 15) is 0 Å². The zero-order valence-corrected chi connectivity index (χ0v) is 7.84. The van der Waals surface area contributed by atoms with Crippen molar-refractivity contribution in [3.8, 4) is 0 Å². The maximum atomic E-state index is 2.34. The molecule has 66 valence electrons. The Morgan fingerprint density at radius 3 is 2.85 bits per heavy atom. The fourth-order valence-electron chi connectivity index (χ4n) is 2.37. The summed E-state index contributed by atoms with van der Waals surface area (Å²) in [6, 6.07) is 0. The van der Waals surface area contributed by atoms with Crippen LogP contribution in [0.2, 0.25) is 0 Å². The summed E-state index contributed by atoms with van der Waals surface area (Å²) in [4.78, 5) is 0. The van der Waals surface area contributed by atoms with Gasteiger partial charge in [0.2, 0.25) is 0 Å². The van der Waals surface area contributed by atoms with E-state index in [-0.39, 0.29) is 0 Å². The minimum atomic E-state index is 1.20. The summed E-state index contributed by atoms with van der Waals surface area (Å²) in [5.41, 5.74) is 6.65. The predicted molar refractivity (Wildman–Crippen MR) is 55.4 cm³/mol. The molecule has 0 N–H and O–H groups in total. The standard InChI is InChI=1S/C13H14/c1-2-7-11-9-13(11)12-8-4-3-6-10(12)5-1/h2-4,7H,1,5-6,8-9H2/b7-2-. The number of hydrogen-bond donors (Lipinski definition) is 0. The summed E-state index contributed by atoms with van der Waals surface area (Å²) in [5.74, 6) is 0. The molecule has 0 saturated carbocycles. The largest absolute Gasteiger partial charge is 0.0841 e. The van der Waals surface area contributed by atoms with E-state index in [0.717, 1.165) is 0 Å². The van der Waals surface area contributed by atoms with Gasteiger partial charge in [-0.15, -0.1) is 0 Å². The highest BCUT2D eigenvalue weighted by Crippen LogP contribution is 2.44. The van der Waals surface area contributed by atoms with Crippen LogP contribution in [0.5, 0.6) is 0 Å². The highest BCUT2D eigenvalue weighted by Gasteiger charge is 2.25. The molecule has 0 heteroatoms. The normalized spacial score (nSPS) is 27.7. The van der Waals surface area contributed by atoms with E-state index in [2.05, 4.69) is 24.3 Å². The SMILES string of the molecule is C1=CCC2=C(C1)CC/C=C\C1=C2C1. The lowest BCUT2D eigenvalue weighted by Crippen LogP contribution is -1.95. The van der Waals surface area contributed by atoms with Crippen molar-refractivity contribution in [2.45, 2.75) is 32.1 Å². The minimum Gasteiger partial charge on any atom is -0.0841 e. The lowest BCUT2D eigenvalue weighted by molar-refractivity contribution is 0.893. The molecule has 0 atom stereocenters. The van der Waals surface area contributed by atoms with Crippen LogP contribution in [0.25, 0.3) is 0 Å². The molecular formula is C13H14. The van der Waals surface area contributed by atoms with Crippen LogP contribution >= 0.6 is 0 Å². The lowest BCUT2D eigenvalue weighted by Gasteiger charge is -2.14. The van der Waals surface area contributed by atoms with E-state index < -0.39 is 0 Å². The van der Waals surface area contributed by atoms with Crippen LogP contribution in [0, 0.1) is 0 Å². The molecule has 0 unspecified atom stereocenters. The fraction of sp³-hybridized carbons (Fsp3) is 0.385. The molecule has 0 amide bonds. The fourth-order valence-corrected chi connectivity index (χ4v) is 2.37. The van der Waals surface area contributed by atoms with Crippen molar-refractivity contribution in [2.75, 3.05) is 0 Å². The molecule has 3 rings (SSSR count). The monoisotopic (exact) mass is 170 g/mol. The third-order valence-electron chi connectivity index (χ3n) is 3.21. The van der Waals surface area contributed by atoms with Gasteiger partial charge in [-0.05, 0) is 48.8 Å². The molecule has 0 radical (unpaired) electrons. The number of hydrogen-bond acceptors (Lipinski definition) is 0. The Labute approximate surface area is 79.3 Å². The van der Waals surface area contributed by atoms with Gasteiger partial charge in [-0.2, -0.15) is 0 Å². The van der Waals surface area contributed by atoms with Crippen LogP contribution in [-0.4, -0.2) is 0 Å². The van der Waals surface area contributed by atoms with Gasteiger partial charge in [-0.1, -0.05) is 29.9 Å². The van der Waals surface area contributed by atoms with Gasteiger partial charge in [0.1, 0.15) is 0 Å². The predicted octanol–water partition coefficient (Wildman–Crippen LogP) is 3.68. The first-order valence-electron chi connectivity index (χ1n) is 5.20. The Morgan fingerprint density at radius 1 is 0.923 bits per heavy atom. The summed E-state index contributed by atoms with van der Waals surface area (Å²) in [6.45, 7) is 0. The second kappa shape index (κ2) is 2.73. The average Bonchev–Trinajstić information content (AvgIpc) is 2.88. The van der Waals surface area contributed by atoms with E-state index in [0.29, 0.717) is 0 Å². The second-order valence-electron chi connectivity index (χ2n) is 4.08. The van der Waals surface area contributed by atoms with Crippen molar-refractivity contribution in [3.63, 3.8) is 0 Å². The molecule has 13 heavy (non-hydrogen) atoms. The number of allylic oxidation sites excluding steroid dienone is 8. The zero-order chi connectivity index (χ0) is 8.67. The number of rotatable bonds is 0. The van der Waals surface area contributed by atoms with Crippen LogP contribution in [0.4, 0.5) is 0 Å². The quantitative estimate of drug-likeness (QED) is 0.486. The van der Waals surface area contributed by atoms with Gasteiger partial charge in [0.25, 0.3) is 0 Å². The van der Waals surface area contributed by atoms with Crippen LogP contribution in [-0.2, 0) is 0 Å². The lowest BCUT2D eigenvalue weighted by atomic mass is 9.91. The second-order valence-corrected chi connectivity index (χ2v) is 4.08. The van der Waals surface area contributed by atoms with Crippen molar-refractivity contribution >= 4 is 0 Å². The Morgan fingerprint density at radius 2 is 1.85 bits per heavy atom. The molecule has 0 bridgehead atoms. The van der Waals surface area contributed by atoms with Crippen LogP contribution in [0.15, 0.2) is 46.6 Å². The van der Waals surface area contributed by atoms with Gasteiger partial charge in [0.05, 0.1) is 0 Å². The van der Waals surface area contributed by atoms with Crippen molar-refractivity contribution in [1.29, 1.82) is 0 Å². The van der Waals surface area contributed by atoms with Gasteiger partial charge < -0.3 is 0 Å². The van der Waals surface area contributed by atoms with E-state index >= 15 is 0 Å². The van der Waals surface area contributed by atoms with E-state index in [1.54, 1.807) is 22.3 Å². The highest BCUT2D eigenvalue weighted by molar-refractivity contribution is 5.58. The molecule has 0 aromatic carbocycles. The van der Waals surface area contributed by atoms with Crippen molar-refractivity contribution in [2.24, 2.45) is 0 Å². The molecule has 0 aliphatic heterocycles. The minimum absolute atomic E-state index is 1.20. The molecule has 3 aliphatic rings. The summed E-state index contributed by atoms with van der Waals surface area (Å²) in [7, 11) is 0. The van der Waals surface area contributed by atoms with Crippen molar-refractivity contribution < 1.29 is 0 Å². The summed E-state index contributed by atoms with van der Waals surface area (Å²) >= 11 is 0. The molecule has 0 nitrogen and oxygen atoms in total. The van der Waals surface area contributed by atoms with E-state index in [1.165, 1.54) is 32.1 Å². The summed E-state index contributed by atoms with van der Waals surface area (Å²) < 4.78 is 0. The highest BCUT2D eigenvalue weighted by atomic mass is 14.3. The average molecular weight is 170 g/mol. The molecule has 0 aromatic rings. The Balaban J connectivity index is 2.02. The van der Waals surface area contributed by atoms with Gasteiger partial charge in [-0.3, -0.25) is 0 Å². The maximum absolute atomic E-state index is 2.34. The van der Waals surface area contributed by atoms with Crippen LogP contribution in [0.1, 0.15) is 32.1 Å². The number of fused-ring (bicyclic) bond motifs is 1. The molecule has 3 aliphatic carbocycles. The maximum Gasteiger partial charge on any atom is -0.00172 e. The zero-order valence-electron chi connectivity index (χ0n) is 7.84. The molecule has 0 aromatic heterocycles. The third kappa shape index (κ3) is 1.21. The van der Waals surface area contributed by atoms with Gasteiger partial charge in [0, 0.05) is 0 Å². The Kier molecular flexibility index (Phi) is 1.55. The Hall–Kier alpha value is -1.04. The smallest absolute Gasteiger partial charge is 0.00172 e. The summed E-state index contributed by atoms with van der Waals surface area (Å²) in [6.07, 6.45) is 15.5. The van der Waals surface area contributed by atoms with Gasteiger partial charge >= 0.3 is 0 Å². The van der Waals surface area contributed by atoms with Crippen LogP contribution < -0.4 is 0 Å². The van der Waals surface area contributed by atoms with Gasteiger partial charge in [-0.25, -0.2) is 0 Å². The molecule has 0 saturated heterocycles. The summed E-state index contributed by atoms with van der Waals surface area (Å²) in [5, 5.41) is 0. The molecule has 0 spiro atoms. The van der Waals surface area contributed by atoms with Crippen LogP contribution in [0.3, 0.4) is 0 Å². The topological polar surface area (TPSA) is 0 Å². The first-order chi connectivity index (χ1) is 6.45. The third-order valence-corrected chi connectivity index (χ3v) is 3.21. The van der Waals surface area contributed by atoms with E-state index in [4.69, 9.17) is 0 Å². The van der Waals surface area contributed by atoms with Crippen molar-refractivity contribution in [3.05, 3.63) is 46.6 Å². The first-order valence-corrected chi connectivity index (χ1v) is 5.20. The molecular weight excluding hydrogens is 156 g/mol. The van der Waals surface area contributed by atoms with E-state index in [1.807, 2.05) is 0 Å². The molecule has 0 heterocycles.